The van der Waals surface area contributed by atoms with Gasteiger partial charge in [-0.1, -0.05) is 30.3 Å². The van der Waals surface area contributed by atoms with Gasteiger partial charge in [-0.25, -0.2) is 17.2 Å². The van der Waals surface area contributed by atoms with Crippen molar-refractivity contribution in [1.82, 2.24) is 19.0 Å². The Morgan fingerprint density at radius 1 is 0.780 bits per heavy atom. The van der Waals surface area contributed by atoms with Crippen molar-refractivity contribution in [1.29, 1.82) is 0 Å². The van der Waals surface area contributed by atoms with Gasteiger partial charge in [0.2, 0.25) is 10.0 Å². The van der Waals surface area contributed by atoms with Crippen LogP contribution in [0.25, 0.3) is 0 Å². The Labute approximate surface area is 240 Å². The number of hydrogen-bond donors (Lipinski definition) is 0. The fourth-order valence-electron chi connectivity index (χ4n) is 6.40. The Morgan fingerprint density at radius 2 is 1.41 bits per heavy atom. The molecule has 1 amide bonds. The lowest BCUT2D eigenvalue weighted by Gasteiger charge is -2.39. The number of carbonyl (C=O) groups is 1. The van der Waals surface area contributed by atoms with Crippen LogP contribution in [0.5, 0.6) is 0 Å². The van der Waals surface area contributed by atoms with Crippen molar-refractivity contribution in [2.24, 2.45) is 0 Å². The fourth-order valence-corrected chi connectivity index (χ4v) is 7.87. The lowest BCUT2D eigenvalue weighted by atomic mass is 9.96. The van der Waals surface area contributed by atoms with Gasteiger partial charge in [-0.05, 0) is 73.0 Å². The summed E-state index contributed by atoms with van der Waals surface area (Å²) in [4.78, 5) is 19.8. The number of carbonyl (C=O) groups excluding carboxylic acids is 1. The molecule has 3 fully saturated rings. The molecular formula is C31H34F2N4O3S. The van der Waals surface area contributed by atoms with Gasteiger partial charge >= 0.3 is 0 Å². The summed E-state index contributed by atoms with van der Waals surface area (Å²) in [6.45, 7) is 4.65. The highest BCUT2D eigenvalue weighted by atomic mass is 32.2. The van der Waals surface area contributed by atoms with E-state index in [2.05, 4.69) is 9.80 Å². The molecule has 3 aromatic carbocycles. The van der Waals surface area contributed by atoms with E-state index in [-0.39, 0.29) is 41.6 Å². The van der Waals surface area contributed by atoms with Crippen molar-refractivity contribution < 1.29 is 22.0 Å². The molecule has 0 radical (unpaired) electrons. The number of rotatable bonds is 6. The Balaban J connectivity index is 1.17. The molecule has 1 atom stereocenters. The predicted octanol–water partition coefficient (Wildman–Crippen LogP) is 3.98. The molecule has 41 heavy (non-hydrogen) atoms. The predicted molar refractivity (Wildman–Crippen MR) is 152 cm³/mol. The van der Waals surface area contributed by atoms with Crippen molar-refractivity contribution in [3.05, 3.63) is 101 Å². The van der Waals surface area contributed by atoms with Crippen LogP contribution in [0.2, 0.25) is 0 Å². The van der Waals surface area contributed by atoms with E-state index in [1.807, 2.05) is 4.90 Å². The minimum absolute atomic E-state index is 0.116. The molecule has 3 aliphatic heterocycles. The number of piperazine rings is 2. The van der Waals surface area contributed by atoms with Gasteiger partial charge in [0.1, 0.15) is 11.6 Å². The monoisotopic (exact) mass is 580 g/mol. The number of hydrogen-bond acceptors (Lipinski definition) is 5. The summed E-state index contributed by atoms with van der Waals surface area (Å²) in [6, 6.07) is 18.9. The van der Waals surface area contributed by atoms with Crippen LogP contribution in [0, 0.1) is 11.6 Å². The first-order valence-corrected chi connectivity index (χ1v) is 15.6. The molecule has 3 heterocycles. The molecule has 7 nitrogen and oxygen atoms in total. The summed E-state index contributed by atoms with van der Waals surface area (Å²) in [5.74, 6) is -0.812. The first-order chi connectivity index (χ1) is 19.8. The van der Waals surface area contributed by atoms with Crippen LogP contribution >= 0.6 is 0 Å². The molecule has 10 heteroatoms. The topological polar surface area (TPSA) is 64.2 Å². The Kier molecular flexibility index (Phi) is 7.91. The zero-order valence-corrected chi connectivity index (χ0v) is 23.6. The number of sulfonamides is 1. The summed E-state index contributed by atoms with van der Waals surface area (Å²) in [5, 5.41) is 0. The van der Waals surface area contributed by atoms with E-state index in [0.29, 0.717) is 37.8 Å². The van der Waals surface area contributed by atoms with Crippen LogP contribution in [0.4, 0.5) is 8.78 Å². The van der Waals surface area contributed by atoms with Gasteiger partial charge in [0.25, 0.3) is 5.91 Å². The second kappa shape index (κ2) is 11.6. The van der Waals surface area contributed by atoms with Crippen LogP contribution in [-0.2, 0) is 10.0 Å². The number of amides is 1. The third-order valence-electron chi connectivity index (χ3n) is 8.60. The van der Waals surface area contributed by atoms with Gasteiger partial charge in [0.05, 0.1) is 10.9 Å². The van der Waals surface area contributed by atoms with E-state index >= 15 is 0 Å². The average Bonchev–Trinajstić information content (AvgIpc) is 3.47. The molecule has 0 saturated carbocycles. The average molecular weight is 581 g/mol. The number of nitrogens with zero attached hydrogens (tertiary/aromatic N) is 4. The molecular weight excluding hydrogens is 546 g/mol. The van der Waals surface area contributed by atoms with Crippen molar-refractivity contribution in [2.75, 3.05) is 52.4 Å². The van der Waals surface area contributed by atoms with Gasteiger partial charge in [0.15, 0.2) is 0 Å². The molecule has 6 rings (SSSR count). The molecule has 0 spiro atoms. The number of halogens is 2. The summed E-state index contributed by atoms with van der Waals surface area (Å²) >= 11 is 0. The van der Waals surface area contributed by atoms with E-state index in [4.69, 9.17) is 0 Å². The molecule has 0 N–H and O–H groups in total. The normalized spacial score (nSPS) is 20.9. The SMILES string of the molecule is O=C(c1cccc(S(=O)(=O)N2CCN(C(c3ccc(F)cc3)c3ccc(F)cc3)CC2)c1)N1CCN2CCC[C@H]2C1. The molecule has 0 bridgehead atoms. The highest BCUT2D eigenvalue weighted by molar-refractivity contribution is 7.89. The standard InChI is InChI=1S/C31H34F2N4O3S/c32-26-10-6-23(7-11-26)30(24-8-12-27(33)13-9-24)35-17-19-37(20-18-35)41(39,40)29-5-1-3-25(21-29)31(38)36-16-15-34-14-2-4-28(34)22-36/h1,3,5-13,21,28,30H,2,4,14-20,22H2/t28-/m0/s1. The smallest absolute Gasteiger partial charge is 0.253 e. The minimum atomic E-state index is -3.82. The lowest BCUT2D eigenvalue weighted by Crippen LogP contribution is -2.52. The highest BCUT2D eigenvalue weighted by Crippen LogP contribution is 2.31. The summed E-state index contributed by atoms with van der Waals surface area (Å²) < 4.78 is 56.1. The molecule has 3 saturated heterocycles. The number of fused-ring (bicyclic) bond motifs is 1. The van der Waals surface area contributed by atoms with Gasteiger partial charge in [-0.15, -0.1) is 0 Å². The van der Waals surface area contributed by atoms with Gasteiger partial charge < -0.3 is 4.90 Å². The van der Waals surface area contributed by atoms with E-state index < -0.39 is 10.0 Å². The van der Waals surface area contributed by atoms with Gasteiger partial charge in [0, 0.05) is 57.4 Å². The zero-order valence-electron chi connectivity index (χ0n) is 22.8. The first-order valence-electron chi connectivity index (χ1n) is 14.2. The van der Waals surface area contributed by atoms with Crippen LogP contribution in [0.15, 0.2) is 77.7 Å². The van der Waals surface area contributed by atoms with E-state index in [1.54, 1.807) is 42.5 Å². The lowest BCUT2D eigenvalue weighted by molar-refractivity contribution is 0.0571. The van der Waals surface area contributed by atoms with Gasteiger partial charge in [-0.3, -0.25) is 14.6 Å². The maximum Gasteiger partial charge on any atom is 0.253 e. The van der Waals surface area contributed by atoms with E-state index in [0.717, 1.165) is 37.1 Å². The molecule has 3 aliphatic rings. The fraction of sp³-hybridized carbons (Fsp3) is 0.387. The first kappa shape index (κ1) is 28.0. The molecule has 0 aromatic heterocycles. The largest absolute Gasteiger partial charge is 0.336 e. The Hall–Kier alpha value is -3.18. The zero-order chi connectivity index (χ0) is 28.6. The highest BCUT2D eigenvalue weighted by Gasteiger charge is 2.35. The number of benzene rings is 3. The Morgan fingerprint density at radius 3 is 2.05 bits per heavy atom. The second-order valence-corrected chi connectivity index (χ2v) is 13.0. The van der Waals surface area contributed by atoms with Crippen LogP contribution in [0.3, 0.4) is 0 Å². The van der Waals surface area contributed by atoms with Crippen molar-refractivity contribution in [3.63, 3.8) is 0 Å². The van der Waals surface area contributed by atoms with Gasteiger partial charge in [-0.2, -0.15) is 4.31 Å². The van der Waals surface area contributed by atoms with E-state index in [1.165, 1.54) is 34.6 Å². The molecule has 0 unspecified atom stereocenters. The van der Waals surface area contributed by atoms with Crippen LogP contribution < -0.4 is 0 Å². The maximum absolute atomic E-state index is 13.7. The molecule has 0 aliphatic carbocycles. The summed E-state index contributed by atoms with van der Waals surface area (Å²) in [7, 11) is -3.82. The van der Waals surface area contributed by atoms with Crippen LogP contribution in [-0.4, -0.2) is 91.7 Å². The maximum atomic E-state index is 13.7. The minimum Gasteiger partial charge on any atom is -0.336 e. The molecule has 3 aromatic rings. The summed E-state index contributed by atoms with van der Waals surface area (Å²) in [5.41, 5.74) is 2.08. The Bertz CT molecular complexity index is 1450. The van der Waals surface area contributed by atoms with Crippen molar-refractivity contribution >= 4 is 15.9 Å². The van der Waals surface area contributed by atoms with Crippen molar-refractivity contribution in [2.45, 2.75) is 29.8 Å². The van der Waals surface area contributed by atoms with Crippen molar-refractivity contribution in [3.8, 4) is 0 Å². The van der Waals surface area contributed by atoms with E-state index in [9.17, 15) is 22.0 Å². The second-order valence-electron chi connectivity index (χ2n) is 11.1. The molecule has 216 valence electrons. The third kappa shape index (κ3) is 5.79. The third-order valence-corrected chi connectivity index (χ3v) is 10.5. The quantitative estimate of drug-likeness (QED) is 0.442. The summed E-state index contributed by atoms with van der Waals surface area (Å²) in [6.07, 6.45) is 2.25. The van der Waals surface area contributed by atoms with Crippen LogP contribution in [0.1, 0.15) is 40.4 Å².